The number of ether oxygens (including phenoxy) is 2. The monoisotopic (exact) mass is 302 g/mol. The van der Waals surface area contributed by atoms with Crippen LogP contribution in [0.1, 0.15) is 13.8 Å². The number of hydrogen-bond acceptors (Lipinski definition) is 4. The molecule has 1 aromatic rings. The van der Waals surface area contributed by atoms with E-state index in [1.165, 1.54) is 0 Å². The van der Waals surface area contributed by atoms with Gasteiger partial charge in [0.2, 0.25) is 0 Å². The van der Waals surface area contributed by atoms with Gasteiger partial charge in [-0.15, -0.1) is 12.4 Å². The van der Waals surface area contributed by atoms with Crippen molar-refractivity contribution in [3.05, 3.63) is 24.3 Å². The van der Waals surface area contributed by atoms with Gasteiger partial charge in [-0.3, -0.25) is 4.79 Å². The van der Waals surface area contributed by atoms with Crippen LogP contribution in [0.4, 0.5) is 0 Å². The average Bonchev–Trinajstić information content (AvgIpc) is 2.45. The number of carbonyl (C=O) groups excluding carboxylic acids is 1. The van der Waals surface area contributed by atoms with E-state index in [4.69, 9.17) is 15.2 Å². The van der Waals surface area contributed by atoms with Gasteiger partial charge in [-0.05, 0) is 38.1 Å². The van der Waals surface area contributed by atoms with Crippen LogP contribution in [0.25, 0.3) is 0 Å². The molecule has 0 radical (unpaired) electrons. The minimum absolute atomic E-state index is 0. The fourth-order valence-corrected chi connectivity index (χ4v) is 1.57. The summed E-state index contributed by atoms with van der Waals surface area (Å²) in [6.07, 6.45) is -0.549. The summed E-state index contributed by atoms with van der Waals surface area (Å²) in [5.41, 5.74) is 5.55. The third kappa shape index (κ3) is 4.90. The fraction of sp³-hybridized carbons (Fsp3) is 0.500. The molecule has 0 spiro atoms. The van der Waals surface area contributed by atoms with Crippen LogP contribution in [0, 0.1) is 0 Å². The molecule has 0 heterocycles. The lowest BCUT2D eigenvalue weighted by Gasteiger charge is -2.26. The summed E-state index contributed by atoms with van der Waals surface area (Å²) in [6, 6.07) is 7.12. The van der Waals surface area contributed by atoms with Gasteiger partial charge in [0.25, 0.3) is 5.91 Å². The van der Waals surface area contributed by atoms with Crippen molar-refractivity contribution in [1.29, 1.82) is 0 Å². The highest BCUT2D eigenvalue weighted by Crippen LogP contribution is 2.18. The second-order valence-corrected chi connectivity index (χ2v) is 4.47. The van der Waals surface area contributed by atoms with Crippen molar-refractivity contribution < 1.29 is 14.3 Å². The highest BCUT2D eigenvalue weighted by Gasteiger charge is 2.22. The lowest BCUT2D eigenvalue weighted by molar-refractivity contribution is -0.138. The topological polar surface area (TPSA) is 64.8 Å². The highest BCUT2D eigenvalue weighted by atomic mass is 35.5. The van der Waals surface area contributed by atoms with Gasteiger partial charge in [-0.2, -0.15) is 0 Å². The molecule has 1 amide bonds. The summed E-state index contributed by atoms with van der Waals surface area (Å²) in [5.74, 6) is 1.30. The molecule has 0 bridgehead atoms. The first kappa shape index (κ1) is 18.5. The molecular formula is C14H23ClN2O3. The van der Waals surface area contributed by atoms with Crippen LogP contribution in [0.3, 0.4) is 0 Å². The molecule has 2 unspecified atom stereocenters. The van der Waals surface area contributed by atoms with Crippen molar-refractivity contribution in [2.75, 3.05) is 20.7 Å². The minimum atomic E-state index is -0.549. The zero-order chi connectivity index (χ0) is 14.4. The van der Waals surface area contributed by atoms with Gasteiger partial charge in [-0.25, -0.2) is 0 Å². The third-order valence-electron chi connectivity index (χ3n) is 3.07. The molecule has 2 atom stereocenters. The molecule has 5 nitrogen and oxygen atoms in total. The predicted octanol–water partition coefficient (Wildman–Crippen LogP) is 1.69. The van der Waals surface area contributed by atoms with Crippen molar-refractivity contribution in [2.45, 2.75) is 26.0 Å². The zero-order valence-electron chi connectivity index (χ0n) is 12.3. The molecule has 0 fully saturated rings. The van der Waals surface area contributed by atoms with Crippen LogP contribution in [-0.2, 0) is 4.79 Å². The van der Waals surface area contributed by atoms with Crippen molar-refractivity contribution in [1.82, 2.24) is 4.90 Å². The second kappa shape index (κ2) is 8.66. The Labute approximate surface area is 126 Å². The van der Waals surface area contributed by atoms with Gasteiger partial charge in [-0.1, -0.05) is 0 Å². The van der Waals surface area contributed by atoms with E-state index in [2.05, 4.69) is 0 Å². The molecule has 1 rings (SSSR count). The van der Waals surface area contributed by atoms with E-state index in [1.54, 1.807) is 50.2 Å². The standard InChI is InChI=1S/C14H22N2O3.ClH/c1-10(9-15)16(3)14(17)11(2)19-13-7-5-12(18-4)6-8-13;/h5-8,10-11H,9,15H2,1-4H3;1H. The Kier molecular flexibility index (Phi) is 8.03. The second-order valence-electron chi connectivity index (χ2n) is 4.47. The van der Waals surface area contributed by atoms with Crippen LogP contribution in [0.5, 0.6) is 11.5 Å². The molecule has 0 aromatic heterocycles. The molecule has 6 heteroatoms. The Morgan fingerprint density at radius 3 is 2.20 bits per heavy atom. The number of amides is 1. The third-order valence-corrected chi connectivity index (χ3v) is 3.07. The van der Waals surface area contributed by atoms with Crippen LogP contribution in [0.2, 0.25) is 0 Å². The summed E-state index contributed by atoms with van der Waals surface area (Å²) in [6.45, 7) is 4.06. The van der Waals surface area contributed by atoms with Crippen LogP contribution < -0.4 is 15.2 Å². The SMILES string of the molecule is COc1ccc(OC(C)C(=O)N(C)C(C)CN)cc1.Cl. The first-order valence-electron chi connectivity index (χ1n) is 6.27. The quantitative estimate of drug-likeness (QED) is 0.868. The molecule has 20 heavy (non-hydrogen) atoms. The fourth-order valence-electron chi connectivity index (χ4n) is 1.57. The van der Waals surface area contributed by atoms with Crippen LogP contribution in [0.15, 0.2) is 24.3 Å². The first-order valence-corrected chi connectivity index (χ1v) is 6.27. The van der Waals surface area contributed by atoms with Gasteiger partial charge in [0.1, 0.15) is 11.5 Å². The van der Waals surface area contributed by atoms with E-state index < -0.39 is 6.10 Å². The van der Waals surface area contributed by atoms with Crippen molar-refractivity contribution in [2.24, 2.45) is 5.73 Å². The molecule has 0 saturated carbocycles. The smallest absolute Gasteiger partial charge is 0.263 e. The van der Waals surface area contributed by atoms with Gasteiger partial charge >= 0.3 is 0 Å². The normalized spacial score (nSPS) is 12.8. The summed E-state index contributed by atoms with van der Waals surface area (Å²) in [7, 11) is 3.33. The van der Waals surface area contributed by atoms with Crippen LogP contribution in [-0.4, -0.2) is 43.7 Å². The number of benzene rings is 1. The highest BCUT2D eigenvalue weighted by molar-refractivity contribution is 5.85. The Hall–Kier alpha value is -1.46. The van der Waals surface area contributed by atoms with Crippen molar-refractivity contribution in [3.8, 4) is 11.5 Å². The molecule has 0 aliphatic heterocycles. The van der Waals surface area contributed by atoms with Gasteiger partial charge in [0.05, 0.1) is 7.11 Å². The number of likely N-dealkylation sites (N-methyl/N-ethyl adjacent to an activating group) is 1. The zero-order valence-corrected chi connectivity index (χ0v) is 13.1. The molecule has 2 N–H and O–H groups in total. The maximum atomic E-state index is 12.1. The van der Waals surface area contributed by atoms with E-state index in [0.29, 0.717) is 12.3 Å². The lowest BCUT2D eigenvalue weighted by Crippen LogP contribution is -2.45. The number of nitrogens with zero attached hydrogens (tertiary/aromatic N) is 1. The largest absolute Gasteiger partial charge is 0.497 e. The van der Waals surface area contributed by atoms with Gasteiger partial charge < -0.3 is 20.1 Å². The summed E-state index contributed by atoms with van der Waals surface area (Å²) >= 11 is 0. The molecular weight excluding hydrogens is 280 g/mol. The summed E-state index contributed by atoms with van der Waals surface area (Å²) < 4.78 is 10.7. The minimum Gasteiger partial charge on any atom is -0.497 e. The number of hydrogen-bond donors (Lipinski definition) is 1. The Balaban J connectivity index is 0.00000361. The number of rotatable bonds is 6. The van der Waals surface area contributed by atoms with E-state index in [0.717, 1.165) is 5.75 Å². The Morgan fingerprint density at radius 2 is 1.75 bits per heavy atom. The van der Waals surface area contributed by atoms with Crippen molar-refractivity contribution >= 4 is 18.3 Å². The maximum absolute atomic E-state index is 12.1. The van der Waals surface area contributed by atoms with Gasteiger partial charge in [0.15, 0.2) is 6.10 Å². The van der Waals surface area contributed by atoms with E-state index >= 15 is 0 Å². The number of methoxy groups -OCH3 is 1. The summed E-state index contributed by atoms with van der Waals surface area (Å²) in [4.78, 5) is 13.7. The van der Waals surface area contributed by atoms with Crippen LogP contribution >= 0.6 is 12.4 Å². The molecule has 0 aliphatic rings. The first-order chi connectivity index (χ1) is 8.99. The number of halogens is 1. The maximum Gasteiger partial charge on any atom is 0.263 e. The van der Waals surface area contributed by atoms with E-state index in [1.807, 2.05) is 6.92 Å². The van der Waals surface area contributed by atoms with Crippen molar-refractivity contribution in [3.63, 3.8) is 0 Å². The van der Waals surface area contributed by atoms with E-state index in [9.17, 15) is 4.79 Å². The Bertz CT molecular complexity index is 411. The predicted molar refractivity (Wildman–Crippen MR) is 81.6 cm³/mol. The van der Waals surface area contributed by atoms with Gasteiger partial charge in [0, 0.05) is 19.6 Å². The number of nitrogens with two attached hydrogens (primary N) is 1. The molecule has 114 valence electrons. The summed E-state index contributed by atoms with van der Waals surface area (Å²) in [5, 5.41) is 0. The molecule has 1 aromatic carbocycles. The number of carbonyl (C=O) groups is 1. The lowest BCUT2D eigenvalue weighted by atomic mass is 10.2. The average molecular weight is 303 g/mol. The molecule has 0 aliphatic carbocycles. The molecule has 0 saturated heterocycles. The Morgan fingerprint density at radius 1 is 1.25 bits per heavy atom. The van der Waals surface area contributed by atoms with E-state index in [-0.39, 0.29) is 24.4 Å².